The van der Waals surface area contributed by atoms with Crippen LogP contribution in [0.5, 0.6) is 0 Å². The zero-order valence-electron chi connectivity index (χ0n) is 13.4. The highest BCUT2D eigenvalue weighted by molar-refractivity contribution is 5.95. The molecule has 0 unspecified atom stereocenters. The molecule has 0 aliphatic heterocycles. The highest BCUT2D eigenvalue weighted by Gasteiger charge is 2.19. The van der Waals surface area contributed by atoms with Crippen molar-refractivity contribution in [3.63, 3.8) is 0 Å². The summed E-state index contributed by atoms with van der Waals surface area (Å²) in [6.45, 7) is 1.94. The maximum Gasteiger partial charge on any atom is 0.376 e. The SMILES string of the molecule is CCOC(=O)c1nc(N(C)c2ccccc2F)c2ccccc2n1. The molecule has 0 saturated heterocycles. The Kier molecular flexibility index (Phi) is 4.37. The van der Waals surface area contributed by atoms with E-state index in [0.717, 1.165) is 5.39 Å². The number of nitrogens with zero attached hydrogens (tertiary/aromatic N) is 3. The number of rotatable bonds is 4. The molecule has 122 valence electrons. The Labute approximate surface area is 138 Å². The van der Waals surface area contributed by atoms with Gasteiger partial charge in [-0.05, 0) is 31.2 Å². The van der Waals surface area contributed by atoms with Gasteiger partial charge < -0.3 is 9.64 Å². The smallest absolute Gasteiger partial charge is 0.376 e. The van der Waals surface area contributed by atoms with Gasteiger partial charge in [0.25, 0.3) is 0 Å². The number of ether oxygens (including phenoxy) is 1. The number of carbonyl (C=O) groups excluding carboxylic acids is 1. The number of fused-ring (bicyclic) bond motifs is 1. The van der Waals surface area contributed by atoms with Crippen LogP contribution in [-0.2, 0) is 4.74 Å². The lowest BCUT2D eigenvalue weighted by Gasteiger charge is -2.21. The third-order valence-electron chi connectivity index (χ3n) is 3.57. The predicted octanol–water partition coefficient (Wildman–Crippen LogP) is 3.71. The molecule has 0 fully saturated rings. The first-order chi connectivity index (χ1) is 11.6. The average Bonchev–Trinajstić information content (AvgIpc) is 2.61. The van der Waals surface area contributed by atoms with Crippen LogP contribution in [0, 0.1) is 5.82 Å². The van der Waals surface area contributed by atoms with Crippen molar-refractivity contribution in [2.75, 3.05) is 18.6 Å². The first kappa shape index (κ1) is 15.9. The Balaban J connectivity index is 2.18. The number of para-hydroxylation sites is 2. The van der Waals surface area contributed by atoms with E-state index in [-0.39, 0.29) is 18.2 Å². The van der Waals surface area contributed by atoms with Gasteiger partial charge in [-0.25, -0.2) is 19.2 Å². The van der Waals surface area contributed by atoms with Crippen LogP contribution in [0.4, 0.5) is 15.9 Å². The lowest BCUT2D eigenvalue weighted by molar-refractivity contribution is 0.0512. The molecular formula is C18H16FN3O2. The minimum Gasteiger partial charge on any atom is -0.460 e. The van der Waals surface area contributed by atoms with Crippen molar-refractivity contribution >= 4 is 28.4 Å². The third-order valence-corrected chi connectivity index (χ3v) is 3.57. The van der Waals surface area contributed by atoms with Crippen molar-refractivity contribution < 1.29 is 13.9 Å². The summed E-state index contributed by atoms with van der Waals surface area (Å²) in [6.07, 6.45) is 0. The van der Waals surface area contributed by atoms with E-state index in [9.17, 15) is 9.18 Å². The summed E-state index contributed by atoms with van der Waals surface area (Å²) in [7, 11) is 1.70. The minimum atomic E-state index is -0.605. The lowest BCUT2D eigenvalue weighted by atomic mass is 10.2. The summed E-state index contributed by atoms with van der Waals surface area (Å²) >= 11 is 0. The maximum absolute atomic E-state index is 14.1. The van der Waals surface area contributed by atoms with Crippen molar-refractivity contribution in [1.82, 2.24) is 9.97 Å². The molecule has 1 aromatic heterocycles. The van der Waals surface area contributed by atoms with Gasteiger partial charge in [0.15, 0.2) is 0 Å². The van der Waals surface area contributed by atoms with E-state index in [1.165, 1.54) is 6.07 Å². The Morgan fingerprint density at radius 1 is 1.12 bits per heavy atom. The van der Waals surface area contributed by atoms with E-state index in [1.54, 1.807) is 43.1 Å². The molecule has 0 spiro atoms. The van der Waals surface area contributed by atoms with Crippen LogP contribution in [-0.4, -0.2) is 29.6 Å². The monoisotopic (exact) mass is 325 g/mol. The fourth-order valence-electron chi connectivity index (χ4n) is 2.44. The van der Waals surface area contributed by atoms with E-state index >= 15 is 0 Å². The maximum atomic E-state index is 14.1. The molecular weight excluding hydrogens is 309 g/mol. The molecule has 0 radical (unpaired) electrons. The first-order valence-corrected chi connectivity index (χ1v) is 7.54. The van der Waals surface area contributed by atoms with E-state index in [4.69, 9.17) is 4.74 Å². The summed E-state index contributed by atoms with van der Waals surface area (Å²) in [5.41, 5.74) is 0.949. The first-order valence-electron chi connectivity index (χ1n) is 7.54. The minimum absolute atomic E-state index is 0.0475. The molecule has 6 heteroatoms. The van der Waals surface area contributed by atoms with Gasteiger partial charge in [0.1, 0.15) is 11.6 Å². The van der Waals surface area contributed by atoms with E-state index in [1.807, 2.05) is 18.2 Å². The van der Waals surface area contributed by atoms with Crippen molar-refractivity contribution in [2.45, 2.75) is 6.92 Å². The number of esters is 1. The van der Waals surface area contributed by atoms with E-state index in [0.29, 0.717) is 17.0 Å². The summed E-state index contributed by atoms with van der Waals surface area (Å²) in [5, 5.41) is 0.719. The molecule has 0 saturated carbocycles. The van der Waals surface area contributed by atoms with Crippen LogP contribution in [0.25, 0.3) is 10.9 Å². The Bertz CT molecular complexity index is 898. The van der Waals surface area contributed by atoms with Crippen LogP contribution in [0.1, 0.15) is 17.5 Å². The molecule has 0 bridgehead atoms. The fourth-order valence-corrected chi connectivity index (χ4v) is 2.44. The molecule has 2 aromatic carbocycles. The fraction of sp³-hybridized carbons (Fsp3) is 0.167. The highest BCUT2D eigenvalue weighted by Crippen LogP contribution is 2.30. The van der Waals surface area contributed by atoms with E-state index < -0.39 is 5.97 Å². The molecule has 0 aliphatic rings. The quantitative estimate of drug-likeness (QED) is 0.684. The van der Waals surface area contributed by atoms with Crippen LogP contribution in [0.2, 0.25) is 0 Å². The van der Waals surface area contributed by atoms with Crippen molar-refractivity contribution in [1.29, 1.82) is 0 Å². The summed E-state index contributed by atoms with van der Waals surface area (Å²) in [4.78, 5) is 22.2. The molecule has 0 N–H and O–H groups in total. The second kappa shape index (κ2) is 6.62. The van der Waals surface area contributed by atoms with E-state index in [2.05, 4.69) is 9.97 Å². The van der Waals surface area contributed by atoms with Gasteiger partial charge in [-0.2, -0.15) is 0 Å². The number of benzene rings is 2. The second-order valence-corrected chi connectivity index (χ2v) is 5.12. The molecule has 24 heavy (non-hydrogen) atoms. The number of aromatic nitrogens is 2. The summed E-state index contributed by atoms with van der Waals surface area (Å²) in [6, 6.07) is 13.7. The average molecular weight is 325 g/mol. The second-order valence-electron chi connectivity index (χ2n) is 5.12. The van der Waals surface area contributed by atoms with Gasteiger partial charge in [-0.1, -0.05) is 24.3 Å². The molecule has 0 amide bonds. The van der Waals surface area contributed by atoms with Crippen molar-refractivity contribution in [3.8, 4) is 0 Å². The standard InChI is InChI=1S/C18H16FN3O2/c1-3-24-18(23)16-20-14-10-6-4-8-12(14)17(21-16)22(2)15-11-7-5-9-13(15)19/h4-11H,3H2,1-2H3. The normalized spacial score (nSPS) is 10.6. The highest BCUT2D eigenvalue weighted by atomic mass is 19.1. The molecule has 1 heterocycles. The number of hydrogen-bond donors (Lipinski definition) is 0. The molecule has 5 nitrogen and oxygen atoms in total. The Morgan fingerprint density at radius 3 is 2.58 bits per heavy atom. The number of hydrogen-bond acceptors (Lipinski definition) is 5. The van der Waals surface area contributed by atoms with Crippen LogP contribution in [0.3, 0.4) is 0 Å². The largest absolute Gasteiger partial charge is 0.460 e. The summed E-state index contributed by atoms with van der Waals surface area (Å²) in [5.74, 6) is -0.589. The molecule has 0 aliphatic carbocycles. The molecule has 3 rings (SSSR count). The summed E-state index contributed by atoms with van der Waals surface area (Å²) < 4.78 is 19.1. The third kappa shape index (κ3) is 2.90. The topological polar surface area (TPSA) is 55.3 Å². The number of halogens is 1. The number of carbonyl (C=O) groups is 1. The van der Waals surface area contributed by atoms with Crippen LogP contribution < -0.4 is 4.90 Å². The number of anilines is 2. The van der Waals surface area contributed by atoms with Gasteiger partial charge in [-0.3, -0.25) is 0 Å². The van der Waals surface area contributed by atoms with Gasteiger partial charge >= 0.3 is 5.97 Å². The predicted molar refractivity (Wildman–Crippen MR) is 90.0 cm³/mol. The zero-order chi connectivity index (χ0) is 17.1. The van der Waals surface area contributed by atoms with Gasteiger partial charge in [0, 0.05) is 12.4 Å². The zero-order valence-corrected chi connectivity index (χ0v) is 13.4. The van der Waals surface area contributed by atoms with Gasteiger partial charge in [0.2, 0.25) is 5.82 Å². The van der Waals surface area contributed by atoms with Crippen molar-refractivity contribution in [2.24, 2.45) is 0 Å². The van der Waals surface area contributed by atoms with Gasteiger partial charge in [-0.15, -0.1) is 0 Å². The van der Waals surface area contributed by atoms with Crippen LogP contribution >= 0.6 is 0 Å². The lowest BCUT2D eigenvalue weighted by Crippen LogP contribution is -2.17. The Morgan fingerprint density at radius 2 is 1.83 bits per heavy atom. The molecule has 3 aromatic rings. The van der Waals surface area contributed by atoms with Crippen LogP contribution in [0.15, 0.2) is 48.5 Å². The van der Waals surface area contributed by atoms with Crippen molar-refractivity contribution in [3.05, 3.63) is 60.2 Å². The Hall–Kier alpha value is -3.02. The molecule has 0 atom stereocenters. The van der Waals surface area contributed by atoms with Gasteiger partial charge in [0.05, 0.1) is 17.8 Å².